The van der Waals surface area contributed by atoms with Crippen LogP contribution in [-0.4, -0.2) is 38.0 Å². The number of carboxylic acids is 1. The van der Waals surface area contributed by atoms with Crippen molar-refractivity contribution in [3.05, 3.63) is 76.6 Å². The number of rotatable bonds is 5. The predicted molar refractivity (Wildman–Crippen MR) is 103 cm³/mol. The fourth-order valence-corrected chi connectivity index (χ4v) is 3.68. The second-order valence-electron chi connectivity index (χ2n) is 6.85. The number of nitrogens with one attached hydrogen (secondary N) is 1. The Morgan fingerprint density at radius 3 is 2.61 bits per heavy atom. The molecule has 1 aliphatic carbocycles. The van der Waals surface area contributed by atoms with E-state index in [-0.39, 0.29) is 17.5 Å². The van der Waals surface area contributed by atoms with E-state index in [4.69, 9.17) is 5.11 Å². The monoisotopic (exact) mass is 376 g/mol. The Labute approximate surface area is 162 Å². The zero-order valence-electron chi connectivity index (χ0n) is 15.4. The second-order valence-corrected chi connectivity index (χ2v) is 6.85. The summed E-state index contributed by atoms with van der Waals surface area (Å²) in [6.45, 7) is 1.97. The minimum Gasteiger partial charge on any atom is -0.478 e. The van der Waals surface area contributed by atoms with E-state index in [1.54, 1.807) is 16.8 Å². The van der Waals surface area contributed by atoms with Crippen LogP contribution < -0.4 is 5.32 Å². The van der Waals surface area contributed by atoms with Crippen molar-refractivity contribution in [2.24, 2.45) is 0 Å². The highest BCUT2D eigenvalue weighted by Gasteiger charge is 2.27. The van der Waals surface area contributed by atoms with Crippen molar-refractivity contribution in [1.29, 1.82) is 0 Å². The molecule has 0 bridgehead atoms. The van der Waals surface area contributed by atoms with Gasteiger partial charge in [0.1, 0.15) is 0 Å². The molecular weight excluding hydrogens is 356 g/mol. The number of carbonyl (C=O) groups excluding carboxylic acids is 1. The van der Waals surface area contributed by atoms with E-state index in [9.17, 15) is 9.59 Å². The number of amides is 1. The number of carboxylic acid groups (broad SMARTS) is 1. The first-order valence-corrected chi connectivity index (χ1v) is 9.22. The maximum absolute atomic E-state index is 12.8. The van der Waals surface area contributed by atoms with Crippen molar-refractivity contribution in [2.45, 2.75) is 32.2 Å². The van der Waals surface area contributed by atoms with Gasteiger partial charge in [0.05, 0.1) is 16.9 Å². The van der Waals surface area contributed by atoms with Gasteiger partial charge in [0.2, 0.25) is 0 Å². The number of carbonyl (C=O) groups is 2. The highest BCUT2D eigenvalue weighted by atomic mass is 16.4. The minimum absolute atomic E-state index is 0.0851. The Bertz CT molecular complexity index is 1040. The summed E-state index contributed by atoms with van der Waals surface area (Å²) in [5.41, 5.74) is 4.25. The molecule has 1 aliphatic rings. The molecule has 2 aromatic carbocycles. The Kier molecular flexibility index (Phi) is 4.65. The number of hydrogen-bond donors (Lipinski definition) is 2. The molecule has 0 saturated carbocycles. The molecule has 1 aromatic heterocycles. The fraction of sp³-hybridized carbons (Fsp3) is 0.238. The summed E-state index contributed by atoms with van der Waals surface area (Å²) in [4.78, 5) is 24.0. The maximum Gasteiger partial charge on any atom is 0.335 e. The summed E-state index contributed by atoms with van der Waals surface area (Å²) in [5.74, 6) is -1.20. The molecule has 7 heteroatoms. The molecule has 28 heavy (non-hydrogen) atoms. The second kappa shape index (κ2) is 7.26. The SMILES string of the molecule is CCc1c(C(=O)NC2Cc3ccc(C(=O)O)cc3C2)nnn1-c1ccccc1. The van der Waals surface area contributed by atoms with E-state index in [1.807, 2.05) is 43.3 Å². The van der Waals surface area contributed by atoms with Gasteiger partial charge in [-0.1, -0.05) is 36.4 Å². The van der Waals surface area contributed by atoms with Gasteiger partial charge in [0.25, 0.3) is 5.91 Å². The lowest BCUT2D eigenvalue weighted by Crippen LogP contribution is -2.36. The van der Waals surface area contributed by atoms with Crippen LogP contribution in [0.2, 0.25) is 0 Å². The number of hydrogen-bond acceptors (Lipinski definition) is 4. The van der Waals surface area contributed by atoms with Crippen LogP contribution in [0.5, 0.6) is 0 Å². The van der Waals surface area contributed by atoms with Crippen LogP contribution in [0, 0.1) is 0 Å². The summed E-state index contributed by atoms with van der Waals surface area (Å²) in [5, 5.41) is 20.4. The number of aromatic carboxylic acids is 1. The lowest BCUT2D eigenvalue weighted by atomic mass is 10.1. The molecule has 3 aromatic rings. The van der Waals surface area contributed by atoms with E-state index in [0.29, 0.717) is 25.0 Å². The van der Waals surface area contributed by atoms with Gasteiger partial charge in [-0.25, -0.2) is 9.48 Å². The predicted octanol–water partition coefficient (Wildman–Crippen LogP) is 2.43. The quantitative estimate of drug-likeness (QED) is 0.713. The molecule has 0 aliphatic heterocycles. The van der Waals surface area contributed by atoms with Crippen molar-refractivity contribution in [2.75, 3.05) is 0 Å². The van der Waals surface area contributed by atoms with Gasteiger partial charge in [-0.2, -0.15) is 0 Å². The Morgan fingerprint density at radius 1 is 1.14 bits per heavy atom. The van der Waals surface area contributed by atoms with Gasteiger partial charge in [0.15, 0.2) is 5.69 Å². The number of benzene rings is 2. The van der Waals surface area contributed by atoms with Crippen molar-refractivity contribution >= 4 is 11.9 Å². The number of fused-ring (bicyclic) bond motifs is 1. The first-order chi connectivity index (χ1) is 13.6. The highest BCUT2D eigenvalue weighted by molar-refractivity contribution is 5.93. The van der Waals surface area contributed by atoms with E-state index >= 15 is 0 Å². The number of aromatic nitrogens is 3. The van der Waals surface area contributed by atoms with Gasteiger partial charge in [0, 0.05) is 6.04 Å². The average Bonchev–Trinajstić information content (AvgIpc) is 3.31. The number of nitrogens with zero attached hydrogens (tertiary/aromatic N) is 3. The van der Waals surface area contributed by atoms with Crippen molar-refractivity contribution in [3.8, 4) is 5.69 Å². The number of para-hydroxylation sites is 1. The maximum atomic E-state index is 12.8. The van der Waals surface area contributed by atoms with Gasteiger partial charge < -0.3 is 10.4 Å². The standard InChI is InChI=1S/C21H20N4O3/c1-2-18-19(23-24-25(18)17-6-4-3-5-7-17)20(26)22-16-11-13-8-9-14(21(27)28)10-15(13)12-16/h3-10,16H,2,11-12H2,1H3,(H,22,26)(H,27,28). The van der Waals surface area contributed by atoms with Gasteiger partial charge in [-0.15, -0.1) is 5.10 Å². The lowest BCUT2D eigenvalue weighted by molar-refractivity contribution is 0.0696. The third-order valence-corrected chi connectivity index (χ3v) is 5.03. The van der Waals surface area contributed by atoms with Gasteiger partial charge >= 0.3 is 5.97 Å². The van der Waals surface area contributed by atoms with Crippen LogP contribution in [0.15, 0.2) is 48.5 Å². The highest BCUT2D eigenvalue weighted by Crippen LogP contribution is 2.24. The molecule has 1 unspecified atom stereocenters. The van der Waals surface area contributed by atoms with E-state index in [2.05, 4.69) is 15.6 Å². The molecule has 1 atom stereocenters. The Balaban J connectivity index is 1.52. The molecule has 0 saturated heterocycles. The lowest BCUT2D eigenvalue weighted by Gasteiger charge is -2.11. The van der Waals surface area contributed by atoms with Crippen molar-refractivity contribution in [1.82, 2.24) is 20.3 Å². The largest absolute Gasteiger partial charge is 0.478 e. The normalized spacial score (nSPS) is 15.2. The van der Waals surface area contributed by atoms with E-state index in [0.717, 1.165) is 22.5 Å². The van der Waals surface area contributed by atoms with Gasteiger partial charge in [-0.05, 0) is 54.7 Å². The van der Waals surface area contributed by atoms with Crippen molar-refractivity contribution in [3.63, 3.8) is 0 Å². The third kappa shape index (κ3) is 3.26. The first-order valence-electron chi connectivity index (χ1n) is 9.22. The van der Waals surface area contributed by atoms with Crippen LogP contribution in [0.25, 0.3) is 5.69 Å². The minimum atomic E-state index is -0.944. The molecular formula is C21H20N4O3. The first kappa shape index (κ1) is 17.9. The molecule has 1 heterocycles. The summed E-state index contributed by atoms with van der Waals surface area (Å²) >= 11 is 0. The molecule has 4 rings (SSSR count). The summed E-state index contributed by atoms with van der Waals surface area (Å²) in [6.07, 6.45) is 1.91. The van der Waals surface area contributed by atoms with Crippen LogP contribution in [0.3, 0.4) is 0 Å². The summed E-state index contributed by atoms with van der Waals surface area (Å²) in [6, 6.07) is 14.6. The zero-order valence-corrected chi connectivity index (χ0v) is 15.4. The van der Waals surface area contributed by atoms with Crippen LogP contribution in [-0.2, 0) is 19.3 Å². The molecule has 0 spiro atoms. The average molecular weight is 376 g/mol. The molecule has 142 valence electrons. The Hall–Kier alpha value is -3.48. The smallest absolute Gasteiger partial charge is 0.335 e. The van der Waals surface area contributed by atoms with Gasteiger partial charge in [-0.3, -0.25) is 4.79 Å². The third-order valence-electron chi connectivity index (χ3n) is 5.03. The molecule has 0 radical (unpaired) electrons. The topological polar surface area (TPSA) is 97.1 Å². The van der Waals surface area contributed by atoms with Crippen LogP contribution >= 0.6 is 0 Å². The molecule has 2 N–H and O–H groups in total. The van der Waals surface area contributed by atoms with E-state index < -0.39 is 5.97 Å². The molecule has 7 nitrogen and oxygen atoms in total. The van der Waals surface area contributed by atoms with Crippen LogP contribution in [0.4, 0.5) is 0 Å². The van der Waals surface area contributed by atoms with Crippen LogP contribution in [0.1, 0.15) is 44.6 Å². The zero-order chi connectivity index (χ0) is 19.7. The summed E-state index contributed by atoms with van der Waals surface area (Å²) in [7, 11) is 0. The Morgan fingerprint density at radius 2 is 1.89 bits per heavy atom. The summed E-state index contributed by atoms with van der Waals surface area (Å²) < 4.78 is 1.69. The molecule has 0 fully saturated rings. The van der Waals surface area contributed by atoms with E-state index in [1.165, 1.54) is 0 Å². The van der Waals surface area contributed by atoms with Crippen molar-refractivity contribution < 1.29 is 14.7 Å². The molecule has 1 amide bonds. The fourth-order valence-electron chi connectivity index (χ4n) is 3.68.